The summed E-state index contributed by atoms with van der Waals surface area (Å²) in [6.45, 7) is 0. The van der Waals surface area contributed by atoms with Crippen molar-refractivity contribution in [3.63, 3.8) is 0 Å². The van der Waals surface area contributed by atoms with E-state index in [2.05, 4.69) is 5.32 Å². The third-order valence-electron chi connectivity index (χ3n) is 2.60. The van der Waals surface area contributed by atoms with Crippen LogP contribution in [0.25, 0.3) is 0 Å². The average molecular weight is 140 g/mol. The minimum absolute atomic E-state index is 0.445. The van der Waals surface area contributed by atoms with Gasteiger partial charge in [0.15, 0.2) is 0 Å². The fourth-order valence-electron chi connectivity index (χ4n) is 1.75. The number of rotatable bonds is 2. The first-order chi connectivity index (χ1) is 4.86. The molecule has 0 heterocycles. The van der Waals surface area contributed by atoms with E-state index in [0.717, 1.165) is 6.04 Å². The van der Waals surface area contributed by atoms with Gasteiger partial charge in [-0.25, -0.2) is 0 Å². The molecule has 2 rings (SSSR count). The summed E-state index contributed by atoms with van der Waals surface area (Å²) >= 11 is 0. The monoisotopic (exact) mass is 140 g/mol. The molecular weight excluding hydrogens is 124 g/mol. The van der Waals surface area contributed by atoms with Crippen molar-refractivity contribution in [2.75, 3.05) is 0 Å². The average Bonchev–Trinajstić information content (AvgIpc) is 2.62. The summed E-state index contributed by atoms with van der Waals surface area (Å²) in [5.74, 6) is 0. The van der Waals surface area contributed by atoms with Gasteiger partial charge in [0.05, 0.1) is 0 Å². The second-order valence-corrected chi connectivity index (χ2v) is 3.64. The Morgan fingerprint density at radius 1 is 1.10 bits per heavy atom. The maximum absolute atomic E-state index is 5.89. The van der Waals surface area contributed by atoms with Crippen LogP contribution < -0.4 is 11.1 Å². The van der Waals surface area contributed by atoms with Crippen molar-refractivity contribution in [3.8, 4) is 0 Å². The second kappa shape index (κ2) is 2.51. The van der Waals surface area contributed by atoms with Gasteiger partial charge in [-0.2, -0.15) is 0 Å². The molecule has 0 unspecified atom stereocenters. The fourth-order valence-corrected chi connectivity index (χ4v) is 1.75. The van der Waals surface area contributed by atoms with E-state index in [1.165, 1.54) is 32.1 Å². The van der Waals surface area contributed by atoms with Crippen LogP contribution in [-0.2, 0) is 0 Å². The van der Waals surface area contributed by atoms with Crippen molar-refractivity contribution in [2.45, 2.75) is 50.2 Å². The predicted octanol–water partition coefficient (Wildman–Crippen LogP) is 0.618. The lowest BCUT2D eigenvalue weighted by Crippen LogP contribution is -2.41. The first-order valence-corrected chi connectivity index (χ1v) is 4.38. The quantitative estimate of drug-likeness (QED) is 0.590. The summed E-state index contributed by atoms with van der Waals surface area (Å²) < 4.78 is 0. The van der Waals surface area contributed by atoms with Crippen LogP contribution >= 0.6 is 0 Å². The van der Waals surface area contributed by atoms with Crippen LogP contribution in [-0.4, -0.2) is 18.1 Å². The van der Waals surface area contributed by atoms with Crippen molar-refractivity contribution in [3.05, 3.63) is 0 Å². The van der Waals surface area contributed by atoms with Crippen LogP contribution in [0.3, 0.4) is 0 Å². The summed E-state index contributed by atoms with van der Waals surface area (Å²) in [6.07, 6.45) is 6.61. The van der Waals surface area contributed by atoms with Gasteiger partial charge in [-0.1, -0.05) is 6.42 Å². The molecule has 2 aliphatic carbocycles. The Hall–Kier alpha value is -0.0800. The normalized spacial score (nSPS) is 40.5. The largest absolute Gasteiger partial charge is 0.326 e. The minimum Gasteiger partial charge on any atom is -0.326 e. The molecule has 0 spiro atoms. The maximum atomic E-state index is 5.89. The Labute approximate surface area is 62.2 Å². The van der Waals surface area contributed by atoms with E-state index in [0.29, 0.717) is 12.1 Å². The van der Waals surface area contributed by atoms with Crippen LogP contribution in [0.5, 0.6) is 0 Å². The Bertz CT molecular complexity index is 120. The lowest BCUT2D eigenvalue weighted by atomic mass is 10.2. The molecule has 0 amide bonds. The molecule has 2 aliphatic rings. The second-order valence-electron chi connectivity index (χ2n) is 3.64. The number of nitrogens with one attached hydrogen (secondary N) is 1. The zero-order valence-electron chi connectivity index (χ0n) is 6.34. The van der Waals surface area contributed by atoms with Gasteiger partial charge < -0.3 is 11.1 Å². The molecule has 3 N–H and O–H groups in total. The molecule has 0 aromatic rings. The minimum atomic E-state index is 0.445. The van der Waals surface area contributed by atoms with Gasteiger partial charge in [-0.3, -0.25) is 0 Å². The van der Waals surface area contributed by atoms with Crippen molar-refractivity contribution < 1.29 is 0 Å². The molecule has 0 aliphatic heterocycles. The summed E-state index contributed by atoms with van der Waals surface area (Å²) in [6, 6.07) is 1.92. The molecule has 2 nitrogen and oxygen atoms in total. The molecule has 0 saturated heterocycles. The van der Waals surface area contributed by atoms with Crippen LogP contribution in [0, 0.1) is 0 Å². The third kappa shape index (κ3) is 1.32. The van der Waals surface area contributed by atoms with Crippen molar-refractivity contribution in [1.29, 1.82) is 0 Å². The molecular formula is C8H16N2. The van der Waals surface area contributed by atoms with Crippen molar-refractivity contribution >= 4 is 0 Å². The van der Waals surface area contributed by atoms with E-state index in [-0.39, 0.29) is 0 Å². The summed E-state index contributed by atoms with van der Waals surface area (Å²) in [5.41, 5.74) is 5.89. The lowest BCUT2D eigenvalue weighted by molar-refractivity contribution is 0.473. The topological polar surface area (TPSA) is 38.0 Å². The highest BCUT2D eigenvalue weighted by Crippen LogP contribution is 2.24. The highest BCUT2D eigenvalue weighted by molar-refractivity contribution is 4.92. The Morgan fingerprint density at radius 3 is 2.40 bits per heavy atom. The van der Waals surface area contributed by atoms with Crippen molar-refractivity contribution in [2.24, 2.45) is 5.73 Å². The summed E-state index contributed by atoms with van der Waals surface area (Å²) in [5, 5.41) is 3.58. The Balaban J connectivity index is 1.79. The van der Waals surface area contributed by atoms with E-state index in [9.17, 15) is 0 Å². The summed E-state index contributed by atoms with van der Waals surface area (Å²) in [7, 11) is 0. The van der Waals surface area contributed by atoms with E-state index in [4.69, 9.17) is 5.73 Å². The van der Waals surface area contributed by atoms with E-state index >= 15 is 0 Å². The first kappa shape index (κ1) is 6.62. The highest BCUT2D eigenvalue weighted by Gasteiger charge is 2.30. The molecule has 0 aromatic heterocycles. The zero-order valence-corrected chi connectivity index (χ0v) is 6.34. The number of hydrogen-bond acceptors (Lipinski definition) is 2. The predicted molar refractivity (Wildman–Crippen MR) is 41.8 cm³/mol. The molecule has 10 heavy (non-hydrogen) atoms. The van der Waals surface area contributed by atoms with E-state index < -0.39 is 0 Å². The number of hydrogen-bond donors (Lipinski definition) is 2. The summed E-state index contributed by atoms with van der Waals surface area (Å²) in [4.78, 5) is 0. The smallest absolute Gasteiger partial charge is 0.0221 e. The molecule has 0 bridgehead atoms. The van der Waals surface area contributed by atoms with Crippen molar-refractivity contribution in [1.82, 2.24) is 5.32 Å². The highest BCUT2D eigenvalue weighted by atomic mass is 15.0. The molecule has 0 aromatic carbocycles. The third-order valence-corrected chi connectivity index (χ3v) is 2.60. The van der Waals surface area contributed by atoms with E-state index in [1.807, 2.05) is 0 Å². The van der Waals surface area contributed by atoms with Crippen LogP contribution in [0.1, 0.15) is 32.1 Å². The van der Waals surface area contributed by atoms with Crippen LogP contribution in [0.4, 0.5) is 0 Å². The Morgan fingerprint density at radius 2 is 1.90 bits per heavy atom. The maximum Gasteiger partial charge on any atom is 0.0221 e. The van der Waals surface area contributed by atoms with E-state index in [1.54, 1.807) is 0 Å². The molecule has 2 fully saturated rings. The molecule has 58 valence electrons. The van der Waals surface area contributed by atoms with Crippen LogP contribution in [0.15, 0.2) is 0 Å². The standard InChI is InChI=1S/C8H16N2/c9-7-2-1-3-8(7)10-6-4-5-6/h6-8,10H,1-5,9H2/t7-,8-/m1/s1. The van der Waals surface area contributed by atoms with Gasteiger partial charge in [0.1, 0.15) is 0 Å². The van der Waals surface area contributed by atoms with Gasteiger partial charge in [0.25, 0.3) is 0 Å². The van der Waals surface area contributed by atoms with Gasteiger partial charge in [-0.05, 0) is 25.7 Å². The SMILES string of the molecule is N[C@@H]1CCC[C@H]1NC1CC1. The van der Waals surface area contributed by atoms with Gasteiger partial charge >= 0.3 is 0 Å². The molecule has 2 atom stereocenters. The first-order valence-electron chi connectivity index (χ1n) is 4.38. The van der Waals surface area contributed by atoms with Crippen LogP contribution in [0.2, 0.25) is 0 Å². The zero-order chi connectivity index (χ0) is 6.97. The number of nitrogens with two attached hydrogens (primary N) is 1. The fraction of sp³-hybridized carbons (Fsp3) is 1.00. The molecule has 2 saturated carbocycles. The van der Waals surface area contributed by atoms with Gasteiger partial charge in [0, 0.05) is 18.1 Å². The molecule has 2 heteroatoms. The van der Waals surface area contributed by atoms with Gasteiger partial charge in [0.2, 0.25) is 0 Å². The van der Waals surface area contributed by atoms with Gasteiger partial charge in [-0.15, -0.1) is 0 Å². The Kier molecular flexibility index (Phi) is 1.66. The lowest BCUT2D eigenvalue weighted by Gasteiger charge is -2.16. The molecule has 0 radical (unpaired) electrons.